The van der Waals surface area contributed by atoms with Gasteiger partial charge in [-0.15, -0.1) is 0 Å². The van der Waals surface area contributed by atoms with E-state index >= 15 is 0 Å². The van der Waals surface area contributed by atoms with E-state index in [1.165, 1.54) is 0 Å². The van der Waals surface area contributed by atoms with Crippen LogP contribution in [0.25, 0.3) is 0 Å². The average Bonchev–Trinajstić information content (AvgIpc) is 2.70. The van der Waals surface area contributed by atoms with Crippen molar-refractivity contribution in [3.05, 3.63) is 24.3 Å². The molecule has 0 bridgehead atoms. The SMILES string of the molecule is COc1ccccc1OC1CCN(C(=O)CCCN2CCOCC2)CC1. The van der Waals surface area contributed by atoms with Crippen LogP contribution in [-0.2, 0) is 9.53 Å². The summed E-state index contributed by atoms with van der Waals surface area (Å²) in [5.41, 5.74) is 0. The smallest absolute Gasteiger partial charge is 0.222 e. The van der Waals surface area contributed by atoms with E-state index in [9.17, 15) is 4.79 Å². The summed E-state index contributed by atoms with van der Waals surface area (Å²) < 4.78 is 16.8. The van der Waals surface area contributed by atoms with E-state index in [1.807, 2.05) is 29.2 Å². The maximum atomic E-state index is 12.4. The molecule has 144 valence electrons. The lowest BCUT2D eigenvalue weighted by atomic mass is 10.1. The van der Waals surface area contributed by atoms with Crippen LogP contribution in [0.15, 0.2) is 24.3 Å². The van der Waals surface area contributed by atoms with Crippen molar-refractivity contribution in [2.24, 2.45) is 0 Å². The molecule has 1 aromatic carbocycles. The van der Waals surface area contributed by atoms with E-state index in [4.69, 9.17) is 14.2 Å². The fourth-order valence-electron chi connectivity index (χ4n) is 3.56. The van der Waals surface area contributed by atoms with Crippen LogP contribution in [0.4, 0.5) is 0 Å². The molecule has 0 unspecified atom stereocenters. The predicted molar refractivity (Wildman–Crippen MR) is 99.7 cm³/mol. The topological polar surface area (TPSA) is 51.2 Å². The zero-order chi connectivity index (χ0) is 18.2. The van der Waals surface area contributed by atoms with E-state index in [0.717, 1.165) is 76.7 Å². The monoisotopic (exact) mass is 362 g/mol. The molecule has 0 radical (unpaired) electrons. The molecule has 1 amide bonds. The molecule has 2 aliphatic heterocycles. The van der Waals surface area contributed by atoms with Gasteiger partial charge in [0.1, 0.15) is 6.10 Å². The summed E-state index contributed by atoms with van der Waals surface area (Å²) in [4.78, 5) is 16.8. The highest BCUT2D eigenvalue weighted by atomic mass is 16.5. The summed E-state index contributed by atoms with van der Waals surface area (Å²) in [5, 5.41) is 0. The molecule has 2 heterocycles. The molecule has 0 aromatic heterocycles. The maximum absolute atomic E-state index is 12.4. The molecule has 26 heavy (non-hydrogen) atoms. The Labute approximate surface area is 156 Å². The molecule has 2 fully saturated rings. The van der Waals surface area contributed by atoms with Gasteiger partial charge in [0.2, 0.25) is 5.91 Å². The van der Waals surface area contributed by atoms with Gasteiger partial charge in [0.25, 0.3) is 0 Å². The first kappa shape index (κ1) is 19.0. The molecule has 2 aliphatic rings. The minimum atomic E-state index is 0.142. The highest BCUT2D eigenvalue weighted by Gasteiger charge is 2.24. The summed E-state index contributed by atoms with van der Waals surface area (Å²) in [5.74, 6) is 1.81. The Hall–Kier alpha value is -1.79. The van der Waals surface area contributed by atoms with Crippen LogP contribution in [0.3, 0.4) is 0 Å². The molecule has 1 aromatic rings. The normalized spacial score (nSPS) is 19.3. The quantitative estimate of drug-likeness (QED) is 0.744. The van der Waals surface area contributed by atoms with E-state index in [0.29, 0.717) is 6.42 Å². The maximum Gasteiger partial charge on any atom is 0.222 e. The number of carbonyl (C=O) groups excluding carboxylic acids is 1. The highest BCUT2D eigenvalue weighted by molar-refractivity contribution is 5.76. The molecule has 6 nitrogen and oxygen atoms in total. The number of hydrogen-bond acceptors (Lipinski definition) is 5. The first-order valence-electron chi connectivity index (χ1n) is 9.64. The Kier molecular flexibility index (Phi) is 7.14. The molecule has 0 aliphatic carbocycles. The second-order valence-corrected chi connectivity index (χ2v) is 6.91. The number of carbonyl (C=O) groups is 1. The van der Waals surface area contributed by atoms with Crippen molar-refractivity contribution in [2.45, 2.75) is 31.8 Å². The van der Waals surface area contributed by atoms with Gasteiger partial charge < -0.3 is 19.1 Å². The van der Waals surface area contributed by atoms with Crippen molar-refractivity contribution in [3.8, 4) is 11.5 Å². The van der Waals surface area contributed by atoms with Gasteiger partial charge in [0.15, 0.2) is 11.5 Å². The van der Waals surface area contributed by atoms with E-state index in [-0.39, 0.29) is 12.0 Å². The molecule has 3 rings (SSSR count). The van der Waals surface area contributed by atoms with Crippen LogP contribution in [-0.4, -0.2) is 74.9 Å². The van der Waals surface area contributed by atoms with Crippen molar-refractivity contribution in [1.82, 2.24) is 9.80 Å². The number of amides is 1. The Morgan fingerprint density at radius 3 is 2.50 bits per heavy atom. The zero-order valence-electron chi connectivity index (χ0n) is 15.7. The molecule has 0 atom stereocenters. The number of ether oxygens (including phenoxy) is 3. The number of rotatable bonds is 7. The van der Waals surface area contributed by atoms with Crippen LogP contribution < -0.4 is 9.47 Å². The number of piperidine rings is 1. The van der Waals surface area contributed by atoms with E-state index in [1.54, 1.807) is 7.11 Å². The standard InChI is InChI=1S/C20H30N2O4/c1-24-18-5-2-3-6-19(18)26-17-8-11-22(12-9-17)20(23)7-4-10-21-13-15-25-16-14-21/h2-3,5-6,17H,4,7-16H2,1H3. The van der Waals surface area contributed by atoms with Crippen molar-refractivity contribution in [3.63, 3.8) is 0 Å². The Bertz CT molecular complexity index is 567. The molecule has 0 saturated carbocycles. The van der Waals surface area contributed by atoms with Gasteiger partial charge in [-0.05, 0) is 25.1 Å². The van der Waals surface area contributed by atoms with Crippen molar-refractivity contribution < 1.29 is 19.0 Å². The van der Waals surface area contributed by atoms with Crippen LogP contribution in [0.5, 0.6) is 11.5 Å². The zero-order valence-corrected chi connectivity index (χ0v) is 15.7. The number of hydrogen-bond donors (Lipinski definition) is 0. The summed E-state index contributed by atoms with van der Waals surface area (Å²) >= 11 is 0. The lowest BCUT2D eigenvalue weighted by Crippen LogP contribution is -2.42. The van der Waals surface area contributed by atoms with Gasteiger partial charge in [-0.25, -0.2) is 0 Å². The lowest BCUT2D eigenvalue weighted by molar-refractivity contribution is -0.133. The largest absolute Gasteiger partial charge is 0.493 e. The Morgan fingerprint density at radius 2 is 1.81 bits per heavy atom. The average molecular weight is 362 g/mol. The number of likely N-dealkylation sites (tertiary alicyclic amines) is 1. The van der Waals surface area contributed by atoms with Crippen molar-refractivity contribution in [1.29, 1.82) is 0 Å². The van der Waals surface area contributed by atoms with Crippen LogP contribution in [0.1, 0.15) is 25.7 Å². The van der Waals surface area contributed by atoms with Gasteiger partial charge in [-0.3, -0.25) is 9.69 Å². The Morgan fingerprint density at radius 1 is 1.12 bits per heavy atom. The lowest BCUT2D eigenvalue weighted by Gasteiger charge is -2.33. The fraction of sp³-hybridized carbons (Fsp3) is 0.650. The van der Waals surface area contributed by atoms with Crippen molar-refractivity contribution in [2.75, 3.05) is 53.0 Å². The number of para-hydroxylation sites is 2. The summed E-state index contributed by atoms with van der Waals surface area (Å²) in [6, 6.07) is 7.72. The Balaban J connectivity index is 1.36. The molecule has 6 heteroatoms. The third-order valence-corrected chi connectivity index (χ3v) is 5.13. The molecule has 2 saturated heterocycles. The highest BCUT2D eigenvalue weighted by Crippen LogP contribution is 2.29. The number of morpholine rings is 1. The van der Waals surface area contributed by atoms with Gasteiger partial charge in [0.05, 0.1) is 20.3 Å². The first-order chi connectivity index (χ1) is 12.8. The second kappa shape index (κ2) is 9.78. The van der Waals surface area contributed by atoms with E-state index < -0.39 is 0 Å². The number of methoxy groups -OCH3 is 1. The van der Waals surface area contributed by atoms with Gasteiger partial charge in [0, 0.05) is 45.4 Å². The number of benzene rings is 1. The second-order valence-electron chi connectivity index (χ2n) is 6.91. The summed E-state index contributed by atoms with van der Waals surface area (Å²) in [6.07, 6.45) is 3.44. The van der Waals surface area contributed by atoms with Gasteiger partial charge in [-0.1, -0.05) is 12.1 Å². The molecule has 0 N–H and O–H groups in total. The van der Waals surface area contributed by atoms with Crippen LogP contribution in [0.2, 0.25) is 0 Å². The van der Waals surface area contributed by atoms with Gasteiger partial charge in [-0.2, -0.15) is 0 Å². The predicted octanol–water partition coefficient (Wildman–Crippen LogP) is 2.18. The van der Waals surface area contributed by atoms with Crippen LogP contribution in [0, 0.1) is 0 Å². The summed E-state index contributed by atoms with van der Waals surface area (Å²) in [7, 11) is 1.65. The molecular formula is C20H30N2O4. The summed E-state index contributed by atoms with van der Waals surface area (Å²) in [6.45, 7) is 6.13. The third kappa shape index (κ3) is 5.35. The van der Waals surface area contributed by atoms with Crippen molar-refractivity contribution >= 4 is 5.91 Å². The first-order valence-corrected chi connectivity index (χ1v) is 9.64. The molecular weight excluding hydrogens is 332 g/mol. The minimum absolute atomic E-state index is 0.142. The van der Waals surface area contributed by atoms with Crippen LogP contribution >= 0.6 is 0 Å². The minimum Gasteiger partial charge on any atom is -0.493 e. The third-order valence-electron chi connectivity index (χ3n) is 5.13. The van der Waals surface area contributed by atoms with Gasteiger partial charge >= 0.3 is 0 Å². The fourth-order valence-corrected chi connectivity index (χ4v) is 3.56. The molecule has 0 spiro atoms. The number of nitrogens with zero attached hydrogens (tertiary/aromatic N) is 2. The van der Waals surface area contributed by atoms with E-state index in [2.05, 4.69) is 4.90 Å².